The zero-order valence-corrected chi connectivity index (χ0v) is 16.2. The first-order valence-corrected chi connectivity index (χ1v) is 8.94. The van der Waals surface area contributed by atoms with Gasteiger partial charge in [-0.1, -0.05) is 38.1 Å². The quantitative estimate of drug-likeness (QED) is 0.761. The zero-order chi connectivity index (χ0) is 18.6. The molecule has 1 aromatic rings. The van der Waals surface area contributed by atoms with Gasteiger partial charge in [0.25, 0.3) is 0 Å². The van der Waals surface area contributed by atoms with Gasteiger partial charge in [0.15, 0.2) is 0 Å². The minimum Gasteiger partial charge on any atom is -0.459 e. The topological polar surface area (TPSA) is 50.4 Å². The van der Waals surface area contributed by atoms with Crippen molar-refractivity contribution in [1.29, 1.82) is 0 Å². The van der Waals surface area contributed by atoms with E-state index in [0.717, 1.165) is 34.8 Å². The standard InChI is InChI=1S/C21H30N2O2/c1-13(2)11-18-7-9-19(10-8-18)14(3)21(24)25-12-20-17(6)22-15(4)16(5)23-20/h7-10,13-14,22-23H,11-12H2,1-6H3. The number of nitrogens with one attached hydrogen (secondary N) is 2. The van der Waals surface area contributed by atoms with Crippen LogP contribution in [-0.2, 0) is 16.0 Å². The van der Waals surface area contributed by atoms with Crippen molar-refractivity contribution in [3.63, 3.8) is 0 Å². The first-order chi connectivity index (χ1) is 11.8. The van der Waals surface area contributed by atoms with Crippen LogP contribution >= 0.6 is 0 Å². The van der Waals surface area contributed by atoms with Gasteiger partial charge in [0.05, 0.1) is 11.6 Å². The summed E-state index contributed by atoms with van der Waals surface area (Å²) in [5.41, 5.74) is 6.31. The maximum Gasteiger partial charge on any atom is 0.313 e. The molecule has 0 aromatic heterocycles. The van der Waals surface area contributed by atoms with Gasteiger partial charge in [0, 0.05) is 17.1 Å². The molecular formula is C21H30N2O2. The van der Waals surface area contributed by atoms with E-state index in [0.29, 0.717) is 5.92 Å². The van der Waals surface area contributed by atoms with Gasteiger partial charge in [-0.2, -0.15) is 0 Å². The summed E-state index contributed by atoms with van der Waals surface area (Å²) in [6.07, 6.45) is 1.05. The molecule has 0 fully saturated rings. The van der Waals surface area contributed by atoms with Crippen LogP contribution in [-0.4, -0.2) is 12.6 Å². The highest BCUT2D eigenvalue weighted by Gasteiger charge is 2.19. The molecule has 0 spiro atoms. The summed E-state index contributed by atoms with van der Waals surface area (Å²) < 4.78 is 5.52. The predicted molar refractivity (Wildman–Crippen MR) is 102 cm³/mol. The predicted octanol–water partition coefficient (Wildman–Crippen LogP) is 4.21. The Bertz CT molecular complexity index is 684. The molecule has 136 valence electrons. The highest BCUT2D eigenvalue weighted by molar-refractivity contribution is 5.77. The first-order valence-electron chi connectivity index (χ1n) is 8.94. The molecule has 0 amide bonds. The number of allylic oxidation sites excluding steroid dienone is 3. The largest absolute Gasteiger partial charge is 0.459 e. The first kappa shape index (κ1) is 19.1. The van der Waals surface area contributed by atoms with Crippen molar-refractivity contribution in [1.82, 2.24) is 10.6 Å². The number of benzene rings is 1. The molecule has 1 atom stereocenters. The molecule has 1 aliphatic rings. The fourth-order valence-electron chi connectivity index (χ4n) is 2.83. The number of ether oxygens (including phenoxy) is 1. The fraction of sp³-hybridized carbons (Fsp3) is 0.476. The van der Waals surface area contributed by atoms with Crippen LogP contribution in [0.25, 0.3) is 0 Å². The molecule has 4 nitrogen and oxygen atoms in total. The lowest BCUT2D eigenvalue weighted by Crippen LogP contribution is -2.31. The summed E-state index contributed by atoms with van der Waals surface area (Å²) in [5, 5.41) is 6.59. The Morgan fingerprint density at radius 1 is 0.960 bits per heavy atom. The summed E-state index contributed by atoms with van der Waals surface area (Å²) in [5.74, 6) is 0.147. The molecular weight excluding hydrogens is 312 g/mol. The maximum atomic E-state index is 12.4. The maximum absolute atomic E-state index is 12.4. The molecule has 1 aliphatic heterocycles. The van der Waals surface area contributed by atoms with Gasteiger partial charge in [0.1, 0.15) is 6.61 Å². The molecule has 0 saturated carbocycles. The third-order valence-corrected chi connectivity index (χ3v) is 4.56. The smallest absolute Gasteiger partial charge is 0.313 e. The normalized spacial score (nSPS) is 15.8. The third kappa shape index (κ3) is 5.12. The lowest BCUT2D eigenvalue weighted by Gasteiger charge is -2.24. The van der Waals surface area contributed by atoms with Crippen LogP contribution in [0.15, 0.2) is 47.1 Å². The molecule has 1 unspecified atom stereocenters. The van der Waals surface area contributed by atoms with E-state index in [4.69, 9.17) is 4.74 Å². The molecule has 0 radical (unpaired) electrons. The van der Waals surface area contributed by atoms with E-state index in [9.17, 15) is 4.79 Å². The van der Waals surface area contributed by atoms with Crippen LogP contribution in [0.2, 0.25) is 0 Å². The van der Waals surface area contributed by atoms with Crippen LogP contribution in [0.4, 0.5) is 0 Å². The summed E-state index contributed by atoms with van der Waals surface area (Å²) in [6.45, 7) is 12.5. The number of hydrogen-bond acceptors (Lipinski definition) is 4. The Hall–Kier alpha value is -2.23. The van der Waals surface area contributed by atoms with Crippen LogP contribution < -0.4 is 10.6 Å². The second-order valence-corrected chi connectivity index (χ2v) is 7.27. The summed E-state index contributed by atoms with van der Waals surface area (Å²) in [4.78, 5) is 12.4. The minimum absolute atomic E-state index is 0.206. The van der Waals surface area contributed by atoms with Gasteiger partial charge < -0.3 is 15.4 Å². The van der Waals surface area contributed by atoms with E-state index in [1.54, 1.807) is 0 Å². The number of carbonyl (C=O) groups is 1. The van der Waals surface area contributed by atoms with Crippen LogP contribution in [0.3, 0.4) is 0 Å². The molecule has 25 heavy (non-hydrogen) atoms. The Balaban J connectivity index is 1.93. The summed E-state index contributed by atoms with van der Waals surface area (Å²) >= 11 is 0. The molecule has 0 bridgehead atoms. The highest BCUT2D eigenvalue weighted by atomic mass is 16.5. The Morgan fingerprint density at radius 3 is 2.16 bits per heavy atom. The van der Waals surface area contributed by atoms with Crippen molar-refractivity contribution < 1.29 is 9.53 Å². The van der Waals surface area contributed by atoms with Crippen molar-refractivity contribution in [3.8, 4) is 0 Å². The SMILES string of the molecule is CC1=C(C)NC(COC(=O)C(C)c2ccc(CC(C)C)cc2)=C(C)N1. The van der Waals surface area contributed by atoms with Gasteiger partial charge in [0.2, 0.25) is 0 Å². The number of carbonyl (C=O) groups excluding carboxylic acids is 1. The Labute approximate surface area is 151 Å². The molecule has 2 rings (SSSR count). The second-order valence-electron chi connectivity index (χ2n) is 7.27. The lowest BCUT2D eigenvalue weighted by molar-refractivity contribution is -0.144. The van der Waals surface area contributed by atoms with E-state index >= 15 is 0 Å². The van der Waals surface area contributed by atoms with E-state index in [1.165, 1.54) is 5.56 Å². The molecule has 1 heterocycles. The van der Waals surface area contributed by atoms with Crippen LogP contribution in [0.5, 0.6) is 0 Å². The van der Waals surface area contributed by atoms with Crippen molar-refractivity contribution in [2.45, 2.75) is 53.9 Å². The van der Waals surface area contributed by atoms with Gasteiger partial charge in [-0.05, 0) is 51.2 Å². The van der Waals surface area contributed by atoms with Crippen molar-refractivity contribution in [2.75, 3.05) is 6.61 Å². The third-order valence-electron chi connectivity index (χ3n) is 4.56. The van der Waals surface area contributed by atoms with Crippen molar-refractivity contribution in [2.24, 2.45) is 5.92 Å². The molecule has 0 aliphatic carbocycles. The summed E-state index contributed by atoms with van der Waals surface area (Å²) in [7, 11) is 0. The number of rotatable bonds is 6. The number of hydrogen-bond donors (Lipinski definition) is 2. The van der Waals surface area contributed by atoms with Gasteiger partial charge in [-0.15, -0.1) is 0 Å². The Morgan fingerprint density at radius 2 is 1.56 bits per heavy atom. The van der Waals surface area contributed by atoms with Crippen molar-refractivity contribution in [3.05, 3.63) is 58.2 Å². The van der Waals surface area contributed by atoms with E-state index in [-0.39, 0.29) is 18.5 Å². The second kappa shape index (κ2) is 8.24. The molecule has 4 heteroatoms. The van der Waals surface area contributed by atoms with Gasteiger partial charge in [-0.25, -0.2) is 0 Å². The zero-order valence-electron chi connectivity index (χ0n) is 16.2. The molecule has 1 aromatic carbocycles. The fourth-order valence-corrected chi connectivity index (χ4v) is 2.83. The summed E-state index contributed by atoms with van der Waals surface area (Å²) in [6, 6.07) is 8.28. The Kier molecular flexibility index (Phi) is 6.29. The van der Waals surface area contributed by atoms with Crippen LogP contribution in [0, 0.1) is 5.92 Å². The van der Waals surface area contributed by atoms with Gasteiger partial charge in [-0.3, -0.25) is 4.79 Å². The minimum atomic E-state index is -0.274. The van der Waals surface area contributed by atoms with E-state index in [1.807, 2.05) is 39.8 Å². The lowest BCUT2D eigenvalue weighted by atomic mass is 9.97. The average Bonchev–Trinajstić information content (AvgIpc) is 2.56. The van der Waals surface area contributed by atoms with Crippen LogP contribution in [0.1, 0.15) is 58.6 Å². The van der Waals surface area contributed by atoms with E-state index < -0.39 is 0 Å². The molecule has 2 N–H and O–H groups in total. The monoisotopic (exact) mass is 342 g/mol. The highest BCUT2D eigenvalue weighted by Crippen LogP contribution is 2.20. The van der Waals surface area contributed by atoms with Gasteiger partial charge >= 0.3 is 5.97 Å². The van der Waals surface area contributed by atoms with Crippen molar-refractivity contribution >= 4 is 5.97 Å². The van der Waals surface area contributed by atoms with E-state index in [2.05, 4.69) is 36.6 Å². The average molecular weight is 342 g/mol. The number of esters is 1. The molecule has 0 saturated heterocycles.